The van der Waals surface area contributed by atoms with Crippen LogP contribution in [-0.4, -0.2) is 37.1 Å². The highest BCUT2D eigenvalue weighted by molar-refractivity contribution is 14.1. The first kappa shape index (κ1) is 19.6. The molecule has 0 radical (unpaired) electrons. The summed E-state index contributed by atoms with van der Waals surface area (Å²) in [6.45, 7) is 5.67. The lowest BCUT2D eigenvalue weighted by Crippen LogP contribution is -2.25. The first-order chi connectivity index (χ1) is 10.1. The number of halogens is 1. The molecule has 0 N–H and O–H groups in total. The molecule has 0 aliphatic carbocycles. The molecule has 7 heteroatoms. The largest absolute Gasteiger partial charge is 0.353 e. The Bertz CT molecular complexity index is 334. The molecule has 0 aromatic heterocycles. The Kier molecular flexibility index (Phi) is 10.4. The van der Waals surface area contributed by atoms with E-state index < -0.39 is 7.60 Å². The van der Waals surface area contributed by atoms with E-state index in [0.29, 0.717) is 19.8 Å². The molecule has 124 valence electrons. The van der Waals surface area contributed by atoms with Crippen LogP contribution in [0.1, 0.15) is 33.1 Å². The third kappa shape index (κ3) is 8.09. The lowest BCUT2D eigenvalue weighted by Gasteiger charge is -2.24. The molecule has 1 aliphatic rings. The standard InChI is InChI=1S/C14H26IO5P/c1-3-19-21(16,20-4-2)10-8-13(11-15)12-18-14-7-5-6-9-17-14/h8,10,13-14H,3-7,9,11-12H2,1-2H3/t13-,14-/m1/s1. The summed E-state index contributed by atoms with van der Waals surface area (Å²) in [5.74, 6) is 1.74. The second-order valence-corrected chi connectivity index (χ2v) is 7.54. The van der Waals surface area contributed by atoms with E-state index in [1.54, 1.807) is 19.7 Å². The maximum absolute atomic E-state index is 12.3. The summed E-state index contributed by atoms with van der Waals surface area (Å²) in [7, 11) is -3.11. The van der Waals surface area contributed by atoms with E-state index in [2.05, 4.69) is 22.6 Å². The monoisotopic (exact) mass is 432 g/mol. The van der Waals surface area contributed by atoms with Crippen LogP contribution in [0.3, 0.4) is 0 Å². The van der Waals surface area contributed by atoms with Crippen molar-refractivity contribution in [2.45, 2.75) is 39.4 Å². The average Bonchev–Trinajstić information content (AvgIpc) is 2.49. The van der Waals surface area contributed by atoms with Crippen molar-refractivity contribution in [2.24, 2.45) is 5.92 Å². The van der Waals surface area contributed by atoms with Gasteiger partial charge in [-0.25, -0.2) is 0 Å². The average molecular weight is 432 g/mol. The van der Waals surface area contributed by atoms with Gasteiger partial charge < -0.3 is 18.5 Å². The first-order valence-corrected chi connectivity index (χ1v) is 10.6. The zero-order valence-electron chi connectivity index (χ0n) is 12.8. The zero-order chi connectivity index (χ0) is 15.6. The third-order valence-electron chi connectivity index (χ3n) is 2.99. The predicted molar refractivity (Wildman–Crippen MR) is 91.9 cm³/mol. The van der Waals surface area contributed by atoms with Gasteiger partial charge in [0.1, 0.15) is 0 Å². The van der Waals surface area contributed by atoms with Crippen molar-refractivity contribution in [3.05, 3.63) is 11.9 Å². The lowest BCUT2D eigenvalue weighted by atomic mass is 10.2. The second-order valence-electron chi connectivity index (χ2n) is 4.76. The summed E-state index contributed by atoms with van der Waals surface area (Å²) < 4.78 is 35.0. The van der Waals surface area contributed by atoms with Crippen LogP contribution in [0.25, 0.3) is 0 Å². The minimum absolute atomic E-state index is 0.0943. The number of ether oxygens (including phenoxy) is 2. The number of hydrogen-bond acceptors (Lipinski definition) is 5. The van der Waals surface area contributed by atoms with Crippen LogP contribution < -0.4 is 0 Å². The van der Waals surface area contributed by atoms with E-state index >= 15 is 0 Å². The van der Waals surface area contributed by atoms with Crippen molar-refractivity contribution in [3.8, 4) is 0 Å². The molecular weight excluding hydrogens is 406 g/mol. The van der Waals surface area contributed by atoms with Crippen LogP contribution in [-0.2, 0) is 23.1 Å². The van der Waals surface area contributed by atoms with Gasteiger partial charge in [0.15, 0.2) is 6.29 Å². The smallest absolute Gasteiger partial charge is 0.353 e. The Morgan fingerprint density at radius 1 is 1.33 bits per heavy atom. The fourth-order valence-electron chi connectivity index (χ4n) is 1.94. The van der Waals surface area contributed by atoms with Crippen LogP contribution in [0, 0.1) is 5.92 Å². The summed E-state index contributed by atoms with van der Waals surface area (Å²) in [5, 5.41) is 0. The molecule has 21 heavy (non-hydrogen) atoms. The van der Waals surface area contributed by atoms with Gasteiger partial charge in [0.2, 0.25) is 0 Å². The predicted octanol–water partition coefficient (Wildman–Crippen LogP) is 4.36. The van der Waals surface area contributed by atoms with E-state index in [0.717, 1.165) is 30.3 Å². The Balaban J connectivity index is 2.46. The molecule has 0 spiro atoms. The van der Waals surface area contributed by atoms with Gasteiger partial charge in [-0.05, 0) is 33.1 Å². The molecule has 0 unspecified atom stereocenters. The van der Waals surface area contributed by atoms with E-state index in [9.17, 15) is 4.57 Å². The molecular formula is C14H26IO5P. The van der Waals surface area contributed by atoms with Crippen molar-refractivity contribution in [3.63, 3.8) is 0 Å². The molecule has 0 aromatic rings. The fraction of sp³-hybridized carbons (Fsp3) is 0.857. The summed E-state index contributed by atoms with van der Waals surface area (Å²) in [5.41, 5.74) is 0. The van der Waals surface area contributed by atoms with Gasteiger partial charge in [-0.3, -0.25) is 4.57 Å². The molecule has 0 saturated carbocycles. The molecule has 1 saturated heterocycles. The van der Waals surface area contributed by atoms with E-state index in [-0.39, 0.29) is 12.2 Å². The zero-order valence-corrected chi connectivity index (χ0v) is 15.9. The highest BCUT2D eigenvalue weighted by Gasteiger charge is 2.20. The second kappa shape index (κ2) is 11.1. The molecule has 5 nitrogen and oxygen atoms in total. The Labute approximate surface area is 141 Å². The molecule has 1 fully saturated rings. The van der Waals surface area contributed by atoms with Crippen LogP contribution in [0.15, 0.2) is 11.9 Å². The van der Waals surface area contributed by atoms with Crippen molar-refractivity contribution in [1.82, 2.24) is 0 Å². The fourth-order valence-corrected chi connectivity index (χ4v) is 3.90. The maximum Gasteiger partial charge on any atom is 0.353 e. The third-order valence-corrected chi connectivity index (χ3v) is 5.90. The summed E-state index contributed by atoms with van der Waals surface area (Å²) in [6, 6.07) is 0. The number of alkyl halides is 1. The van der Waals surface area contributed by atoms with Crippen LogP contribution in [0.5, 0.6) is 0 Å². The topological polar surface area (TPSA) is 54.0 Å². The SMILES string of the molecule is CCOP(=O)(C=C[C@H](CI)CO[C@@H]1CCCCO1)OCC. The van der Waals surface area contributed by atoms with Gasteiger partial charge in [0.05, 0.1) is 19.8 Å². The normalized spacial score (nSPS) is 21.8. The lowest BCUT2D eigenvalue weighted by molar-refractivity contribution is -0.165. The quantitative estimate of drug-likeness (QED) is 0.292. The highest BCUT2D eigenvalue weighted by atomic mass is 127. The Morgan fingerprint density at radius 2 is 2.05 bits per heavy atom. The maximum atomic E-state index is 12.3. The van der Waals surface area contributed by atoms with E-state index in [1.165, 1.54) is 0 Å². The van der Waals surface area contributed by atoms with E-state index in [4.69, 9.17) is 18.5 Å². The summed E-state index contributed by atoms with van der Waals surface area (Å²) in [4.78, 5) is 0. The molecule has 0 amide bonds. The molecule has 1 rings (SSSR count). The van der Waals surface area contributed by atoms with Gasteiger partial charge in [-0.15, -0.1) is 0 Å². The molecule has 2 atom stereocenters. The van der Waals surface area contributed by atoms with Crippen molar-refractivity contribution >= 4 is 30.2 Å². The highest BCUT2D eigenvalue weighted by Crippen LogP contribution is 2.49. The van der Waals surface area contributed by atoms with Gasteiger partial charge in [0, 0.05) is 22.8 Å². The minimum Gasteiger partial charge on any atom is -0.353 e. The number of rotatable bonds is 10. The molecule has 0 bridgehead atoms. The van der Waals surface area contributed by atoms with Crippen molar-refractivity contribution in [2.75, 3.05) is 30.9 Å². The molecule has 1 heterocycles. The van der Waals surface area contributed by atoms with Crippen LogP contribution in [0.2, 0.25) is 0 Å². The van der Waals surface area contributed by atoms with Gasteiger partial charge in [-0.2, -0.15) is 0 Å². The number of hydrogen-bond donors (Lipinski definition) is 0. The van der Waals surface area contributed by atoms with Crippen LogP contribution >= 0.6 is 30.2 Å². The first-order valence-electron chi connectivity index (χ1n) is 7.50. The van der Waals surface area contributed by atoms with Gasteiger partial charge in [0.25, 0.3) is 0 Å². The Morgan fingerprint density at radius 3 is 2.57 bits per heavy atom. The van der Waals surface area contributed by atoms with E-state index in [1.807, 2.05) is 6.08 Å². The molecule has 0 aromatic carbocycles. The van der Waals surface area contributed by atoms with Crippen molar-refractivity contribution < 1.29 is 23.1 Å². The minimum atomic E-state index is -3.11. The van der Waals surface area contributed by atoms with Crippen molar-refractivity contribution in [1.29, 1.82) is 0 Å². The molecule has 1 aliphatic heterocycles. The Hall–Kier alpha value is 0.540. The van der Waals surface area contributed by atoms with Gasteiger partial charge >= 0.3 is 7.60 Å². The summed E-state index contributed by atoms with van der Waals surface area (Å²) in [6.07, 6.45) is 5.00. The summed E-state index contributed by atoms with van der Waals surface area (Å²) >= 11 is 2.29. The van der Waals surface area contributed by atoms with Gasteiger partial charge in [-0.1, -0.05) is 28.7 Å². The van der Waals surface area contributed by atoms with Crippen LogP contribution in [0.4, 0.5) is 0 Å².